The smallest absolute Gasteiger partial charge is 0.00925 e. The van der Waals surface area contributed by atoms with Gasteiger partial charge in [0.15, 0.2) is 0 Å². The van der Waals surface area contributed by atoms with Crippen molar-refractivity contribution >= 4 is 0 Å². The van der Waals surface area contributed by atoms with Gasteiger partial charge in [0.2, 0.25) is 0 Å². The van der Waals surface area contributed by atoms with Crippen molar-refractivity contribution in [2.75, 3.05) is 26.7 Å². The molecule has 1 N–H and O–H groups in total. The van der Waals surface area contributed by atoms with Crippen LogP contribution in [0.1, 0.15) is 52.4 Å². The highest BCUT2D eigenvalue weighted by Crippen LogP contribution is 2.23. The summed E-state index contributed by atoms with van der Waals surface area (Å²) < 4.78 is 0. The minimum absolute atomic E-state index is 0.857. The molecule has 0 aromatic heterocycles. The van der Waals surface area contributed by atoms with Crippen molar-refractivity contribution in [1.82, 2.24) is 10.2 Å². The molecular formula is C14H30N2. The van der Waals surface area contributed by atoms with Crippen LogP contribution in [0.5, 0.6) is 0 Å². The number of rotatable bonds is 7. The van der Waals surface area contributed by atoms with Crippen molar-refractivity contribution < 1.29 is 0 Å². The molecule has 0 amide bonds. The van der Waals surface area contributed by atoms with Gasteiger partial charge in [0.25, 0.3) is 0 Å². The number of hydrogen-bond donors (Lipinski definition) is 1. The summed E-state index contributed by atoms with van der Waals surface area (Å²) in [5, 5.41) is 3.27. The van der Waals surface area contributed by atoms with E-state index in [2.05, 4.69) is 31.1 Å². The van der Waals surface area contributed by atoms with Crippen LogP contribution >= 0.6 is 0 Å². The molecule has 0 radical (unpaired) electrons. The summed E-state index contributed by atoms with van der Waals surface area (Å²) >= 11 is 0. The van der Waals surface area contributed by atoms with E-state index in [4.69, 9.17) is 0 Å². The van der Waals surface area contributed by atoms with Crippen LogP contribution in [0.4, 0.5) is 0 Å². The molecule has 0 spiro atoms. The van der Waals surface area contributed by atoms with Crippen molar-refractivity contribution in [3.8, 4) is 0 Å². The maximum absolute atomic E-state index is 3.27. The van der Waals surface area contributed by atoms with Crippen LogP contribution in [0.15, 0.2) is 0 Å². The highest BCUT2D eigenvalue weighted by molar-refractivity contribution is 4.78. The van der Waals surface area contributed by atoms with Gasteiger partial charge in [-0.1, -0.05) is 20.3 Å². The molecule has 1 rings (SSSR count). The van der Waals surface area contributed by atoms with Crippen LogP contribution in [0.3, 0.4) is 0 Å². The normalized spacial score (nSPS) is 21.2. The Bertz CT molecular complexity index is 162. The third-order valence-electron chi connectivity index (χ3n) is 4.06. The lowest BCUT2D eigenvalue weighted by atomic mass is 9.92. The van der Waals surface area contributed by atoms with Gasteiger partial charge in [-0.25, -0.2) is 0 Å². The summed E-state index contributed by atoms with van der Waals surface area (Å²) in [7, 11) is 2.06. The number of likely N-dealkylation sites (tertiary alicyclic amines) is 1. The SMILES string of the molecule is CCCC(CC)N1CCC(CCNC)CC1. The summed E-state index contributed by atoms with van der Waals surface area (Å²) in [5.41, 5.74) is 0. The number of nitrogens with one attached hydrogen (secondary N) is 1. The van der Waals surface area contributed by atoms with Crippen LogP contribution in [-0.2, 0) is 0 Å². The first-order chi connectivity index (χ1) is 7.81. The van der Waals surface area contributed by atoms with E-state index in [1.165, 1.54) is 58.2 Å². The van der Waals surface area contributed by atoms with E-state index >= 15 is 0 Å². The van der Waals surface area contributed by atoms with Crippen molar-refractivity contribution in [2.24, 2.45) is 5.92 Å². The Hall–Kier alpha value is -0.0800. The molecule has 2 nitrogen and oxygen atoms in total. The predicted octanol–water partition coefficient (Wildman–Crippen LogP) is 2.89. The lowest BCUT2D eigenvalue weighted by Gasteiger charge is -2.37. The average Bonchev–Trinajstić information content (AvgIpc) is 2.34. The van der Waals surface area contributed by atoms with Crippen LogP contribution in [0.2, 0.25) is 0 Å². The lowest BCUT2D eigenvalue weighted by molar-refractivity contribution is 0.119. The van der Waals surface area contributed by atoms with E-state index < -0.39 is 0 Å². The second kappa shape index (κ2) is 8.08. The van der Waals surface area contributed by atoms with E-state index in [1.54, 1.807) is 0 Å². The molecule has 1 saturated heterocycles. The zero-order chi connectivity index (χ0) is 11.8. The Kier molecular flexibility index (Phi) is 7.06. The zero-order valence-corrected chi connectivity index (χ0v) is 11.5. The van der Waals surface area contributed by atoms with Gasteiger partial charge in [-0.2, -0.15) is 0 Å². The molecule has 0 aromatic rings. The molecule has 2 heteroatoms. The van der Waals surface area contributed by atoms with Gasteiger partial charge < -0.3 is 10.2 Å². The van der Waals surface area contributed by atoms with Crippen molar-refractivity contribution in [1.29, 1.82) is 0 Å². The third-order valence-corrected chi connectivity index (χ3v) is 4.06. The van der Waals surface area contributed by atoms with Gasteiger partial charge in [-0.3, -0.25) is 0 Å². The molecule has 0 bridgehead atoms. The summed E-state index contributed by atoms with van der Waals surface area (Å²) in [6, 6.07) is 0.857. The maximum Gasteiger partial charge on any atom is 0.00925 e. The summed E-state index contributed by atoms with van der Waals surface area (Å²) in [6.45, 7) is 8.52. The molecular weight excluding hydrogens is 196 g/mol. The Balaban J connectivity index is 2.24. The molecule has 0 saturated carbocycles. The Morgan fingerprint density at radius 2 is 1.94 bits per heavy atom. The average molecular weight is 226 g/mol. The van der Waals surface area contributed by atoms with E-state index in [-0.39, 0.29) is 0 Å². The third kappa shape index (κ3) is 4.42. The van der Waals surface area contributed by atoms with E-state index in [1.807, 2.05) is 0 Å². The molecule has 1 aliphatic rings. The van der Waals surface area contributed by atoms with Gasteiger partial charge in [-0.15, -0.1) is 0 Å². The fourth-order valence-corrected chi connectivity index (χ4v) is 2.93. The minimum atomic E-state index is 0.857. The van der Waals surface area contributed by atoms with Gasteiger partial charge in [0.05, 0.1) is 0 Å². The van der Waals surface area contributed by atoms with Crippen molar-refractivity contribution in [3.05, 3.63) is 0 Å². The van der Waals surface area contributed by atoms with E-state index in [0.717, 1.165) is 12.0 Å². The fourth-order valence-electron chi connectivity index (χ4n) is 2.93. The second-order valence-electron chi connectivity index (χ2n) is 5.22. The second-order valence-corrected chi connectivity index (χ2v) is 5.22. The molecule has 1 atom stereocenters. The molecule has 96 valence electrons. The molecule has 0 aliphatic carbocycles. The van der Waals surface area contributed by atoms with Crippen LogP contribution in [-0.4, -0.2) is 37.6 Å². The largest absolute Gasteiger partial charge is 0.320 e. The van der Waals surface area contributed by atoms with Gasteiger partial charge in [0.1, 0.15) is 0 Å². The van der Waals surface area contributed by atoms with Crippen LogP contribution < -0.4 is 5.32 Å². The minimum Gasteiger partial charge on any atom is -0.320 e. The first-order valence-electron chi connectivity index (χ1n) is 7.20. The number of nitrogens with zero attached hydrogens (tertiary/aromatic N) is 1. The van der Waals surface area contributed by atoms with Gasteiger partial charge >= 0.3 is 0 Å². The Labute approximate surface area is 102 Å². The highest BCUT2D eigenvalue weighted by Gasteiger charge is 2.23. The first kappa shape index (κ1) is 14.0. The molecule has 0 aromatic carbocycles. The fraction of sp³-hybridized carbons (Fsp3) is 1.00. The van der Waals surface area contributed by atoms with Gasteiger partial charge in [-0.05, 0) is 64.7 Å². The molecule has 1 fully saturated rings. The molecule has 1 unspecified atom stereocenters. The standard InChI is InChI=1S/C14H30N2/c1-4-6-14(5-2)16-11-8-13(9-12-16)7-10-15-3/h13-15H,4-12H2,1-3H3. The zero-order valence-electron chi connectivity index (χ0n) is 11.5. The maximum atomic E-state index is 3.27. The molecule has 1 aliphatic heterocycles. The van der Waals surface area contributed by atoms with E-state index in [9.17, 15) is 0 Å². The highest BCUT2D eigenvalue weighted by atomic mass is 15.2. The van der Waals surface area contributed by atoms with E-state index in [0.29, 0.717) is 0 Å². The summed E-state index contributed by atoms with van der Waals surface area (Å²) in [4.78, 5) is 2.74. The summed E-state index contributed by atoms with van der Waals surface area (Å²) in [5.74, 6) is 0.975. The molecule has 16 heavy (non-hydrogen) atoms. The Morgan fingerprint density at radius 1 is 1.25 bits per heavy atom. The summed E-state index contributed by atoms with van der Waals surface area (Å²) in [6.07, 6.45) is 8.25. The van der Waals surface area contributed by atoms with Crippen LogP contribution in [0.25, 0.3) is 0 Å². The van der Waals surface area contributed by atoms with Crippen LogP contribution in [0, 0.1) is 5.92 Å². The predicted molar refractivity (Wildman–Crippen MR) is 71.8 cm³/mol. The number of hydrogen-bond acceptors (Lipinski definition) is 2. The van der Waals surface area contributed by atoms with Crippen molar-refractivity contribution in [2.45, 2.75) is 58.4 Å². The quantitative estimate of drug-likeness (QED) is 0.718. The van der Waals surface area contributed by atoms with Crippen molar-refractivity contribution in [3.63, 3.8) is 0 Å². The first-order valence-corrected chi connectivity index (χ1v) is 7.20. The topological polar surface area (TPSA) is 15.3 Å². The Morgan fingerprint density at radius 3 is 2.44 bits per heavy atom. The monoisotopic (exact) mass is 226 g/mol. The number of piperidine rings is 1. The van der Waals surface area contributed by atoms with Gasteiger partial charge in [0, 0.05) is 6.04 Å². The lowest BCUT2D eigenvalue weighted by Crippen LogP contribution is -2.41. The molecule has 1 heterocycles.